The standard InChI is InChI=1S/C12H18IN/c1-7(2)9-5-6-10(13)11(8(3)4)12(9)14/h5-8H,14H2,1-4H3. The lowest BCUT2D eigenvalue weighted by Crippen LogP contribution is -2.04. The highest BCUT2D eigenvalue weighted by molar-refractivity contribution is 14.1. The van der Waals surface area contributed by atoms with Gasteiger partial charge in [0.1, 0.15) is 0 Å². The summed E-state index contributed by atoms with van der Waals surface area (Å²) in [5, 5.41) is 0. The molecule has 0 atom stereocenters. The average Bonchev–Trinajstić information content (AvgIpc) is 2.02. The van der Waals surface area contributed by atoms with Gasteiger partial charge in [-0.25, -0.2) is 0 Å². The fourth-order valence-corrected chi connectivity index (χ4v) is 2.81. The number of nitrogen functional groups attached to an aromatic ring is 1. The van der Waals surface area contributed by atoms with Crippen molar-refractivity contribution >= 4 is 28.3 Å². The lowest BCUT2D eigenvalue weighted by Gasteiger charge is -2.17. The van der Waals surface area contributed by atoms with E-state index in [0.29, 0.717) is 11.8 Å². The molecule has 0 aliphatic carbocycles. The van der Waals surface area contributed by atoms with Gasteiger partial charge in [-0.15, -0.1) is 0 Å². The quantitative estimate of drug-likeness (QED) is 0.645. The summed E-state index contributed by atoms with van der Waals surface area (Å²) in [7, 11) is 0. The molecule has 1 rings (SSSR count). The van der Waals surface area contributed by atoms with Gasteiger partial charge in [-0.3, -0.25) is 0 Å². The monoisotopic (exact) mass is 303 g/mol. The molecular weight excluding hydrogens is 285 g/mol. The zero-order chi connectivity index (χ0) is 10.9. The fraction of sp³-hybridized carbons (Fsp3) is 0.500. The highest BCUT2D eigenvalue weighted by Gasteiger charge is 2.13. The van der Waals surface area contributed by atoms with Gasteiger partial charge in [0.2, 0.25) is 0 Å². The topological polar surface area (TPSA) is 26.0 Å². The number of anilines is 1. The number of halogens is 1. The van der Waals surface area contributed by atoms with Crippen LogP contribution < -0.4 is 5.73 Å². The first-order chi connectivity index (χ1) is 6.45. The zero-order valence-electron chi connectivity index (χ0n) is 9.26. The minimum atomic E-state index is 0.501. The van der Waals surface area contributed by atoms with Crippen LogP contribution in [0, 0.1) is 3.57 Å². The van der Waals surface area contributed by atoms with Gasteiger partial charge in [-0.05, 0) is 51.6 Å². The van der Waals surface area contributed by atoms with Crippen molar-refractivity contribution in [1.82, 2.24) is 0 Å². The molecule has 1 aromatic rings. The number of benzene rings is 1. The van der Waals surface area contributed by atoms with Crippen LogP contribution in [0.3, 0.4) is 0 Å². The van der Waals surface area contributed by atoms with Crippen molar-refractivity contribution in [2.45, 2.75) is 39.5 Å². The highest BCUT2D eigenvalue weighted by Crippen LogP contribution is 2.33. The van der Waals surface area contributed by atoms with Gasteiger partial charge in [0.25, 0.3) is 0 Å². The summed E-state index contributed by atoms with van der Waals surface area (Å²) in [5.74, 6) is 1.00. The second-order valence-corrected chi connectivity index (χ2v) is 5.44. The molecule has 0 aliphatic rings. The molecule has 0 spiro atoms. The van der Waals surface area contributed by atoms with E-state index in [1.165, 1.54) is 14.7 Å². The Labute approximate surface area is 100 Å². The second kappa shape index (κ2) is 4.51. The first-order valence-electron chi connectivity index (χ1n) is 5.03. The molecule has 0 aromatic heterocycles. The van der Waals surface area contributed by atoms with E-state index in [1.807, 2.05) is 0 Å². The van der Waals surface area contributed by atoms with Crippen LogP contribution in [0.1, 0.15) is 50.7 Å². The van der Waals surface area contributed by atoms with Gasteiger partial charge < -0.3 is 5.73 Å². The van der Waals surface area contributed by atoms with Crippen LogP contribution in [0.15, 0.2) is 12.1 Å². The number of hydrogen-bond donors (Lipinski definition) is 1. The Morgan fingerprint density at radius 3 is 2.07 bits per heavy atom. The minimum absolute atomic E-state index is 0.501. The van der Waals surface area contributed by atoms with Gasteiger partial charge in [0.15, 0.2) is 0 Å². The van der Waals surface area contributed by atoms with Crippen LogP contribution in [0.4, 0.5) is 5.69 Å². The molecule has 0 heterocycles. The van der Waals surface area contributed by atoms with Crippen molar-refractivity contribution in [2.75, 3.05) is 5.73 Å². The highest BCUT2D eigenvalue weighted by atomic mass is 127. The van der Waals surface area contributed by atoms with E-state index in [9.17, 15) is 0 Å². The molecule has 1 nitrogen and oxygen atoms in total. The van der Waals surface area contributed by atoms with E-state index in [4.69, 9.17) is 5.73 Å². The molecule has 0 fully saturated rings. The maximum Gasteiger partial charge on any atom is 0.0395 e. The summed E-state index contributed by atoms with van der Waals surface area (Å²) in [5.41, 5.74) is 9.74. The van der Waals surface area contributed by atoms with Crippen molar-refractivity contribution in [3.8, 4) is 0 Å². The molecule has 1 aromatic carbocycles. The lowest BCUT2D eigenvalue weighted by atomic mass is 9.93. The summed E-state index contributed by atoms with van der Waals surface area (Å²) in [6, 6.07) is 4.31. The van der Waals surface area contributed by atoms with Gasteiger partial charge >= 0.3 is 0 Å². The molecule has 0 unspecified atom stereocenters. The first kappa shape index (κ1) is 11.8. The number of rotatable bonds is 2. The van der Waals surface area contributed by atoms with Gasteiger partial charge in [-0.2, -0.15) is 0 Å². The fourth-order valence-electron chi connectivity index (χ4n) is 1.72. The van der Waals surface area contributed by atoms with Crippen molar-refractivity contribution in [3.05, 3.63) is 26.8 Å². The van der Waals surface area contributed by atoms with Gasteiger partial charge in [0, 0.05) is 9.26 Å². The first-order valence-corrected chi connectivity index (χ1v) is 6.10. The predicted molar refractivity (Wildman–Crippen MR) is 71.7 cm³/mol. The molecule has 0 saturated carbocycles. The predicted octanol–water partition coefficient (Wildman–Crippen LogP) is 4.12. The van der Waals surface area contributed by atoms with Gasteiger partial charge in [0.05, 0.1) is 0 Å². The molecule has 2 heteroatoms. The molecule has 78 valence electrons. The van der Waals surface area contributed by atoms with E-state index < -0.39 is 0 Å². The summed E-state index contributed by atoms with van der Waals surface area (Å²) in [6.07, 6.45) is 0. The van der Waals surface area contributed by atoms with Crippen LogP contribution in [-0.2, 0) is 0 Å². The summed E-state index contributed by atoms with van der Waals surface area (Å²) in [6.45, 7) is 8.75. The Bertz CT molecular complexity index is 329. The molecule has 0 saturated heterocycles. The largest absolute Gasteiger partial charge is 0.398 e. The van der Waals surface area contributed by atoms with Crippen molar-refractivity contribution in [2.24, 2.45) is 0 Å². The van der Waals surface area contributed by atoms with Crippen LogP contribution in [0.2, 0.25) is 0 Å². The van der Waals surface area contributed by atoms with E-state index in [1.54, 1.807) is 0 Å². The van der Waals surface area contributed by atoms with Crippen molar-refractivity contribution in [3.63, 3.8) is 0 Å². The third-order valence-corrected chi connectivity index (χ3v) is 3.41. The van der Waals surface area contributed by atoms with Crippen molar-refractivity contribution in [1.29, 1.82) is 0 Å². The molecule has 14 heavy (non-hydrogen) atoms. The van der Waals surface area contributed by atoms with Gasteiger partial charge in [-0.1, -0.05) is 33.8 Å². The summed E-state index contributed by atoms with van der Waals surface area (Å²) >= 11 is 2.36. The Morgan fingerprint density at radius 2 is 1.64 bits per heavy atom. The molecule has 0 radical (unpaired) electrons. The van der Waals surface area contributed by atoms with Crippen LogP contribution in [-0.4, -0.2) is 0 Å². The van der Waals surface area contributed by atoms with E-state index >= 15 is 0 Å². The zero-order valence-corrected chi connectivity index (χ0v) is 11.4. The minimum Gasteiger partial charge on any atom is -0.398 e. The normalized spacial score (nSPS) is 11.4. The molecule has 0 aliphatic heterocycles. The lowest BCUT2D eigenvalue weighted by molar-refractivity contribution is 0.835. The number of hydrogen-bond acceptors (Lipinski definition) is 1. The van der Waals surface area contributed by atoms with Crippen LogP contribution >= 0.6 is 22.6 Å². The van der Waals surface area contributed by atoms with E-state index in [0.717, 1.165) is 5.69 Å². The summed E-state index contributed by atoms with van der Waals surface area (Å²) < 4.78 is 1.28. The Kier molecular flexibility index (Phi) is 3.81. The van der Waals surface area contributed by atoms with Crippen LogP contribution in [0.5, 0.6) is 0 Å². The Hall–Kier alpha value is -0.250. The average molecular weight is 303 g/mol. The smallest absolute Gasteiger partial charge is 0.0395 e. The molecule has 0 amide bonds. The maximum absolute atomic E-state index is 6.18. The SMILES string of the molecule is CC(C)c1ccc(I)c(C(C)C)c1N. The Morgan fingerprint density at radius 1 is 1.07 bits per heavy atom. The molecule has 0 bridgehead atoms. The van der Waals surface area contributed by atoms with E-state index in [-0.39, 0.29) is 0 Å². The van der Waals surface area contributed by atoms with Crippen LogP contribution in [0.25, 0.3) is 0 Å². The molecule has 2 N–H and O–H groups in total. The number of nitrogens with two attached hydrogens (primary N) is 1. The molecular formula is C12H18IN. The van der Waals surface area contributed by atoms with Crippen molar-refractivity contribution < 1.29 is 0 Å². The second-order valence-electron chi connectivity index (χ2n) is 4.27. The third kappa shape index (κ3) is 2.22. The van der Waals surface area contributed by atoms with E-state index in [2.05, 4.69) is 62.4 Å². The third-order valence-electron chi connectivity index (χ3n) is 2.47. The summed E-state index contributed by atoms with van der Waals surface area (Å²) in [4.78, 5) is 0. The Balaban J connectivity index is 3.34. The maximum atomic E-state index is 6.18.